The van der Waals surface area contributed by atoms with Crippen LogP contribution < -0.4 is 4.74 Å². The minimum atomic E-state index is -1.58. The zero-order chi connectivity index (χ0) is 19.9. The van der Waals surface area contributed by atoms with Gasteiger partial charge in [0.1, 0.15) is 12.4 Å². The lowest BCUT2D eigenvalue weighted by Gasteiger charge is -2.35. The van der Waals surface area contributed by atoms with Gasteiger partial charge in [-0.05, 0) is 54.2 Å². The maximum absolute atomic E-state index is 12.7. The maximum atomic E-state index is 12.7. The van der Waals surface area contributed by atoms with Gasteiger partial charge in [-0.2, -0.15) is 9.35 Å². The lowest BCUT2D eigenvalue weighted by Crippen LogP contribution is -2.44. The van der Waals surface area contributed by atoms with Crippen LogP contribution in [0.3, 0.4) is 0 Å². The van der Waals surface area contributed by atoms with Gasteiger partial charge in [0.25, 0.3) is 0 Å². The van der Waals surface area contributed by atoms with Crippen molar-refractivity contribution in [2.24, 2.45) is 5.92 Å². The first-order valence-electron chi connectivity index (χ1n) is 9.37. The number of hydrogen-bond acceptors (Lipinski definition) is 6. The van der Waals surface area contributed by atoms with Gasteiger partial charge in [0.15, 0.2) is 0 Å². The second-order valence-corrected chi connectivity index (χ2v) is 8.03. The highest BCUT2D eigenvalue weighted by molar-refractivity contribution is 7.80. The summed E-state index contributed by atoms with van der Waals surface area (Å²) in [5.41, 5.74) is 2.11. The van der Waals surface area contributed by atoms with Crippen molar-refractivity contribution >= 4 is 11.1 Å². The van der Waals surface area contributed by atoms with E-state index in [9.17, 15) is 4.21 Å². The molecule has 1 fully saturated rings. The Kier molecular flexibility index (Phi) is 7.58. The molecule has 0 saturated carbocycles. The predicted molar refractivity (Wildman–Crippen MR) is 108 cm³/mol. The normalized spacial score (nSPS) is 21.4. The molecule has 2 aromatic carbocycles. The fraction of sp³-hybridized carbons (Fsp3) is 0.429. The fourth-order valence-corrected chi connectivity index (χ4v) is 4.11. The summed E-state index contributed by atoms with van der Waals surface area (Å²) in [7, 11) is 3.13. The Balaban J connectivity index is 1.64. The number of hydroxylamine groups is 2. The van der Waals surface area contributed by atoms with E-state index in [1.807, 2.05) is 48.5 Å². The van der Waals surface area contributed by atoms with Crippen molar-refractivity contribution in [2.45, 2.75) is 30.7 Å². The Morgan fingerprint density at radius 3 is 2.29 bits per heavy atom. The predicted octanol–water partition coefficient (Wildman–Crippen LogP) is 3.99. The highest BCUT2D eigenvalue weighted by Gasteiger charge is 2.29. The Labute approximate surface area is 168 Å². The molecular weight excluding hydrogens is 378 g/mol. The van der Waals surface area contributed by atoms with Gasteiger partial charge in [-0.15, -0.1) is 0 Å². The third-order valence-corrected chi connectivity index (χ3v) is 5.92. The molecule has 0 radical (unpaired) electrons. The van der Waals surface area contributed by atoms with Crippen LogP contribution in [0.1, 0.15) is 19.8 Å². The van der Waals surface area contributed by atoms with E-state index in [1.54, 1.807) is 12.2 Å². The second-order valence-electron chi connectivity index (χ2n) is 6.94. The molecule has 3 atom stereocenters. The molecule has 152 valence electrons. The van der Waals surface area contributed by atoms with Gasteiger partial charge in [-0.1, -0.05) is 31.2 Å². The summed E-state index contributed by atoms with van der Waals surface area (Å²) >= 11 is -1.58. The lowest BCUT2D eigenvalue weighted by molar-refractivity contribution is -0.292. The zero-order valence-electron chi connectivity index (χ0n) is 16.5. The largest absolute Gasteiger partial charge is 0.497 e. The van der Waals surface area contributed by atoms with E-state index in [0.29, 0.717) is 24.0 Å². The second kappa shape index (κ2) is 10.1. The van der Waals surface area contributed by atoms with Gasteiger partial charge in [-0.3, -0.25) is 0 Å². The Morgan fingerprint density at radius 1 is 1.04 bits per heavy atom. The summed E-state index contributed by atoms with van der Waals surface area (Å²) in [4.78, 5) is 10.4. The molecule has 0 bridgehead atoms. The molecule has 1 heterocycles. The summed E-state index contributed by atoms with van der Waals surface area (Å²) in [6.45, 7) is 3.30. The molecular formula is C21H27NO5S. The van der Waals surface area contributed by atoms with Crippen molar-refractivity contribution in [3.05, 3.63) is 48.5 Å². The van der Waals surface area contributed by atoms with Crippen molar-refractivity contribution in [3.63, 3.8) is 0 Å². The van der Waals surface area contributed by atoms with Crippen molar-refractivity contribution in [3.8, 4) is 16.9 Å². The number of piperidine rings is 1. The smallest absolute Gasteiger partial charge is 0.206 e. The van der Waals surface area contributed by atoms with E-state index in [4.69, 9.17) is 18.8 Å². The molecule has 0 aromatic heterocycles. The topological polar surface area (TPSA) is 57.2 Å². The summed E-state index contributed by atoms with van der Waals surface area (Å²) < 4.78 is 23.7. The van der Waals surface area contributed by atoms with Crippen LogP contribution in [0.25, 0.3) is 11.1 Å². The lowest BCUT2D eigenvalue weighted by atomic mass is 9.94. The van der Waals surface area contributed by atoms with Crippen LogP contribution in [0.15, 0.2) is 53.4 Å². The molecule has 0 N–H and O–H groups in total. The van der Waals surface area contributed by atoms with E-state index in [0.717, 1.165) is 29.7 Å². The van der Waals surface area contributed by atoms with Gasteiger partial charge >= 0.3 is 0 Å². The molecule has 0 aliphatic carbocycles. The Hall–Kier alpha value is -1.77. The quantitative estimate of drug-likeness (QED) is 0.489. The first kappa shape index (κ1) is 21.0. The molecule has 7 heteroatoms. The average molecular weight is 406 g/mol. The van der Waals surface area contributed by atoms with Crippen LogP contribution in [0, 0.1) is 5.92 Å². The molecule has 1 aliphatic heterocycles. The number of hydrogen-bond donors (Lipinski definition) is 0. The number of benzene rings is 2. The van der Waals surface area contributed by atoms with Crippen molar-refractivity contribution in [1.82, 2.24) is 5.06 Å². The molecule has 2 unspecified atom stereocenters. The number of ether oxygens (including phenoxy) is 1. The summed E-state index contributed by atoms with van der Waals surface area (Å²) in [6, 6.07) is 15.4. The van der Waals surface area contributed by atoms with Gasteiger partial charge in [-0.25, -0.2) is 14.0 Å². The number of methoxy groups -OCH3 is 1. The highest BCUT2D eigenvalue weighted by atomic mass is 32.2. The minimum Gasteiger partial charge on any atom is -0.497 e. The average Bonchev–Trinajstić information content (AvgIpc) is 2.74. The number of nitrogens with zero attached hydrogens (tertiary/aromatic N) is 1. The fourth-order valence-electron chi connectivity index (χ4n) is 3.30. The minimum absolute atomic E-state index is 0.0197. The first-order valence-corrected chi connectivity index (χ1v) is 10.4. The molecule has 6 nitrogen and oxygen atoms in total. The molecule has 2 aromatic rings. The Bertz CT molecular complexity index is 765. The van der Waals surface area contributed by atoms with E-state index in [1.165, 1.54) is 7.11 Å². The Morgan fingerprint density at radius 2 is 1.68 bits per heavy atom. The van der Waals surface area contributed by atoms with E-state index in [-0.39, 0.29) is 6.04 Å². The van der Waals surface area contributed by atoms with Crippen LogP contribution in [0.4, 0.5) is 0 Å². The van der Waals surface area contributed by atoms with Crippen molar-refractivity contribution in [1.29, 1.82) is 0 Å². The van der Waals surface area contributed by atoms with E-state index in [2.05, 4.69) is 6.92 Å². The summed E-state index contributed by atoms with van der Waals surface area (Å²) in [5, 5.41) is 1.77. The molecule has 28 heavy (non-hydrogen) atoms. The molecule has 0 spiro atoms. The highest BCUT2D eigenvalue weighted by Crippen LogP contribution is 2.26. The van der Waals surface area contributed by atoms with Crippen LogP contribution >= 0.6 is 0 Å². The summed E-state index contributed by atoms with van der Waals surface area (Å²) in [5.74, 6) is 1.39. The van der Waals surface area contributed by atoms with Gasteiger partial charge < -0.3 is 4.74 Å². The number of rotatable bonds is 8. The standard InChI is InChI=1S/C21H27NO5S/c1-16-12-13-22(19(14-16)15-26-25-3)27-28(23)21-10-6-18(7-11-21)17-4-8-20(24-2)9-5-17/h4-11,16,19H,12-15H2,1-3H3/t16-,19?,28?/m1/s1. The SMILES string of the molecule is COOCC1C[C@H](C)CCN1OS(=O)c1ccc(-c2ccc(OC)cc2)cc1. The molecule has 1 saturated heterocycles. The zero-order valence-corrected chi connectivity index (χ0v) is 17.3. The maximum Gasteiger partial charge on any atom is 0.206 e. The van der Waals surface area contributed by atoms with Gasteiger partial charge in [0.2, 0.25) is 11.1 Å². The molecule has 3 rings (SSSR count). The van der Waals surface area contributed by atoms with Gasteiger partial charge in [0.05, 0.1) is 25.2 Å². The summed E-state index contributed by atoms with van der Waals surface area (Å²) in [6.07, 6.45) is 1.91. The van der Waals surface area contributed by atoms with Crippen LogP contribution in [0.2, 0.25) is 0 Å². The first-order chi connectivity index (χ1) is 13.6. The van der Waals surface area contributed by atoms with Crippen molar-refractivity contribution in [2.75, 3.05) is 27.4 Å². The van der Waals surface area contributed by atoms with Crippen molar-refractivity contribution < 1.29 is 23.0 Å². The molecule has 1 aliphatic rings. The monoisotopic (exact) mass is 405 g/mol. The van der Waals surface area contributed by atoms with Crippen LogP contribution in [0.5, 0.6) is 5.75 Å². The third-order valence-electron chi connectivity index (χ3n) is 4.94. The van der Waals surface area contributed by atoms with E-state index >= 15 is 0 Å². The third kappa shape index (κ3) is 5.40. The van der Waals surface area contributed by atoms with E-state index < -0.39 is 11.1 Å². The molecule has 0 amide bonds. The van der Waals surface area contributed by atoms with Crippen LogP contribution in [-0.2, 0) is 25.1 Å². The van der Waals surface area contributed by atoms with Crippen LogP contribution in [-0.4, -0.2) is 42.7 Å². The van der Waals surface area contributed by atoms with Gasteiger partial charge in [0, 0.05) is 6.54 Å².